The molecule has 3 heterocycles. The van der Waals surface area contributed by atoms with Crippen LogP contribution in [0.5, 0.6) is 0 Å². The number of benzene rings is 2. The van der Waals surface area contributed by atoms with Crippen molar-refractivity contribution in [1.29, 1.82) is 0 Å². The Hall–Kier alpha value is -4.39. The van der Waals surface area contributed by atoms with Gasteiger partial charge in [0.15, 0.2) is 5.76 Å². The highest BCUT2D eigenvalue weighted by Gasteiger charge is 2.19. The SMILES string of the molecule is O=C(NCc1ccccc1Cn1ccnc1)c1cc(-c2ccco2)nn1-c1ccccc1. The van der Waals surface area contributed by atoms with Crippen molar-refractivity contribution in [2.45, 2.75) is 13.1 Å². The van der Waals surface area contributed by atoms with Crippen molar-refractivity contribution < 1.29 is 9.21 Å². The molecule has 1 amide bonds. The van der Waals surface area contributed by atoms with Crippen molar-refractivity contribution in [2.24, 2.45) is 0 Å². The van der Waals surface area contributed by atoms with Gasteiger partial charge in [0, 0.05) is 31.5 Å². The normalized spacial score (nSPS) is 10.9. The van der Waals surface area contributed by atoms with Gasteiger partial charge >= 0.3 is 0 Å². The van der Waals surface area contributed by atoms with E-state index in [4.69, 9.17) is 4.42 Å². The van der Waals surface area contributed by atoms with Crippen molar-refractivity contribution >= 4 is 5.91 Å². The van der Waals surface area contributed by atoms with Gasteiger partial charge in [-0.15, -0.1) is 0 Å². The fourth-order valence-corrected chi connectivity index (χ4v) is 3.58. The molecule has 0 atom stereocenters. The second kappa shape index (κ2) is 8.77. The third-order valence-electron chi connectivity index (χ3n) is 5.19. The van der Waals surface area contributed by atoms with Crippen molar-refractivity contribution in [1.82, 2.24) is 24.6 Å². The van der Waals surface area contributed by atoms with E-state index in [2.05, 4.69) is 21.5 Å². The van der Waals surface area contributed by atoms with Crippen molar-refractivity contribution in [3.63, 3.8) is 0 Å². The van der Waals surface area contributed by atoms with Gasteiger partial charge in [-0.25, -0.2) is 9.67 Å². The first-order valence-electron chi connectivity index (χ1n) is 10.3. The zero-order chi connectivity index (χ0) is 21.8. The van der Waals surface area contributed by atoms with E-state index < -0.39 is 0 Å². The van der Waals surface area contributed by atoms with Gasteiger partial charge in [0.05, 0.1) is 18.3 Å². The molecule has 0 aliphatic carbocycles. The monoisotopic (exact) mass is 423 g/mol. The number of amides is 1. The molecule has 3 aromatic heterocycles. The maximum Gasteiger partial charge on any atom is 0.270 e. The second-order valence-corrected chi connectivity index (χ2v) is 7.33. The summed E-state index contributed by atoms with van der Waals surface area (Å²) in [5.41, 5.74) is 4.01. The first-order chi connectivity index (χ1) is 15.8. The standard InChI is InChI=1S/C25H21N5O2/c31-25(27-16-19-7-4-5-8-20(19)17-29-13-12-26-18-29)23-15-22(24-11-6-14-32-24)28-30(23)21-9-2-1-3-10-21/h1-15,18H,16-17H2,(H,27,31). The molecular weight excluding hydrogens is 402 g/mol. The molecule has 0 spiro atoms. The van der Waals surface area contributed by atoms with E-state index in [1.807, 2.05) is 65.4 Å². The van der Waals surface area contributed by atoms with Crippen LogP contribution in [0.4, 0.5) is 0 Å². The fourth-order valence-electron chi connectivity index (χ4n) is 3.58. The van der Waals surface area contributed by atoms with E-state index in [-0.39, 0.29) is 5.91 Å². The Labute approximate surface area is 185 Å². The highest BCUT2D eigenvalue weighted by molar-refractivity contribution is 5.94. The average molecular weight is 423 g/mol. The van der Waals surface area contributed by atoms with Gasteiger partial charge in [0.25, 0.3) is 5.91 Å². The Kier molecular flexibility index (Phi) is 5.36. The van der Waals surface area contributed by atoms with Gasteiger partial charge in [0.1, 0.15) is 11.4 Å². The number of nitrogens with one attached hydrogen (secondary N) is 1. The molecule has 0 radical (unpaired) electrons. The van der Waals surface area contributed by atoms with E-state index in [0.29, 0.717) is 30.2 Å². The van der Waals surface area contributed by atoms with Crippen LogP contribution in [0, 0.1) is 0 Å². The van der Waals surface area contributed by atoms with Gasteiger partial charge < -0.3 is 14.3 Å². The molecule has 7 heteroatoms. The summed E-state index contributed by atoms with van der Waals surface area (Å²) in [7, 11) is 0. The highest BCUT2D eigenvalue weighted by Crippen LogP contribution is 2.22. The molecule has 7 nitrogen and oxygen atoms in total. The number of carbonyl (C=O) groups is 1. The maximum absolute atomic E-state index is 13.2. The Bertz CT molecular complexity index is 1310. The predicted octanol–water partition coefficient (Wildman–Crippen LogP) is 4.31. The van der Waals surface area contributed by atoms with Crippen LogP contribution in [0.25, 0.3) is 17.1 Å². The van der Waals surface area contributed by atoms with Crippen LogP contribution in [-0.4, -0.2) is 25.2 Å². The highest BCUT2D eigenvalue weighted by atomic mass is 16.3. The smallest absolute Gasteiger partial charge is 0.270 e. The summed E-state index contributed by atoms with van der Waals surface area (Å²) < 4.78 is 9.13. The first kappa shape index (κ1) is 19.6. The summed E-state index contributed by atoms with van der Waals surface area (Å²) in [6, 6.07) is 23.0. The topological polar surface area (TPSA) is 77.9 Å². The summed E-state index contributed by atoms with van der Waals surface area (Å²) in [4.78, 5) is 17.3. The molecule has 0 saturated carbocycles. The first-order valence-corrected chi connectivity index (χ1v) is 10.3. The molecule has 0 unspecified atom stereocenters. The van der Waals surface area contributed by atoms with Gasteiger partial charge in [0.2, 0.25) is 0 Å². The summed E-state index contributed by atoms with van der Waals surface area (Å²) in [5.74, 6) is 0.399. The molecule has 0 bridgehead atoms. The maximum atomic E-state index is 13.2. The number of para-hydroxylation sites is 1. The van der Waals surface area contributed by atoms with Crippen LogP contribution >= 0.6 is 0 Å². The van der Waals surface area contributed by atoms with Gasteiger partial charge in [-0.3, -0.25) is 4.79 Å². The van der Waals surface area contributed by atoms with E-state index in [1.54, 1.807) is 35.6 Å². The number of aromatic nitrogens is 4. The zero-order valence-corrected chi connectivity index (χ0v) is 17.3. The molecule has 158 valence electrons. The molecular formula is C25H21N5O2. The largest absolute Gasteiger partial charge is 0.463 e. The molecule has 5 rings (SSSR count). The van der Waals surface area contributed by atoms with Crippen molar-refractivity contribution in [3.05, 3.63) is 115 Å². The third-order valence-corrected chi connectivity index (χ3v) is 5.19. The minimum atomic E-state index is -0.211. The third kappa shape index (κ3) is 4.09. The second-order valence-electron chi connectivity index (χ2n) is 7.33. The summed E-state index contributed by atoms with van der Waals surface area (Å²) in [6.45, 7) is 1.09. The molecule has 2 aromatic carbocycles. The molecule has 1 N–H and O–H groups in total. The van der Waals surface area contributed by atoms with Crippen molar-refractivity contribution in [3.8, 4) is 17.1 Å². The van der Waals surface area contributed by atoms with E-state index in [1.165, 1.54) is 0 Å². The minimum Gasteiger partial charge on any atom is -0.463 e. The van der Waals surface area contributed by atoms with Crippen LogP contribution in [-0.2, 0) is 13.1 Å². The van der Waals surface area contributed by atoms with Gasteiger partial charge in [-0.2, -0.15) is 5.10 Å². The number of carbonyl (C=O) groups excluding carboxylic acids is 1. The van der Waals surface area contributed by atoms with Crippen LogP contribution in [0.15, 0.2) is 102 Å². The predicted molar refractivity (Wildman–Crippen MR) is 120 cm³/mol. The summed E-state index contributed by atoms with van der Waals surface area (Å²) >= 11 is 0. The number of hydrogen-bond donors (Lipinski definition) is 1. The Morgan fingerprint density at radius 2 is 1.78 bits per heavy atom. The lowest BCUT2D eigenvalue weighted by Crippen LogP contribution is -2.26. The molecule has 5 aromatic rings. The van der Waals surface area contributed by atoms with Crippen LogP contribution < -0.4 is 5.32 Å². The zero-order valence-electron chi connectivity index (χ0n) is 17.3. The number of furan rings is 1. The van der Waals surface area contributed by atoms with Crippen LogP contribution in [0.3, 0.4) is 0 Å². The molecule has 0 saturated heterocycles. The fraction of sp³-hybridized carbons (Fsp3) is 0.0800. The van der Waals surface area contributed by atoms with Crippen molar-refractivity contribution in [2.75, 3.05) is 0 Å². The lowest BCUT2D eigenvalue weighted by Gasteiger charge is -2.12. The number of nitrogens with zero attached hydrogens (tertiary/aromatic N) is 4. The van der Waals surface area contributed by atoms with E-state index >= 15 is 0 Å². The number of imidazole rings is 1. The number of hydrogen-bond acceptors (Lipinski definition) is 4. The number of rotatable bonds is 7. The summed E-state index contributed by atoms with van der Waals surface area (Å²) in [6.07, 6.45) is 7.05. The summed E-state index contributed by atoms with van der Waals surface area (Å²) in [5, 5.41) is 7.67. The molecule has 0 fully saturated rings. The molecule has 0 aliphatic rings. The lowest BCUT2D eigenvalue weighted by molar-refractivity contribution is 0.0943. The van der Waals surface area contributed by atoms with Crippen LogP contribution in [0.2, 0.25) is 0 Å². The lowest BCUT2D eigenvalue weighted by atomic mass is 10.1. The minimum absolute atomic E-state index is 0.211. The van der Waals surface area contributed by atoms with E-state index in [0.717, 1.165) is 16.8 Å². The van der Waals surface area contributed by atoms with Gasteiger partial charge in [-0.05, 0) is 35.4 Å². The molecule has 32 heavy (non-hydrogen) atoms. The molecule has 0 aliphatic heterocycles. The Morgan fingerprint density at radius 1 is 0.969 bits per heavy atom. The average Bonchev–Trinajstić information content (AvgIpc) is 3.60. The van der Waals surface area contributed by atoms with Gasteiger partial charge in [-0.1, -0.05) is 42.5 Å². The quantitative estimate of drug-likeness (QED) is 0.423. The Morgan fingerprint density at radius 3 is 2.53 bits per heavy atom. The van der Waals surface area contributed by atoms with E-state index in [9.17, 15) is 4.79 Å². The van der Waals surface area contributed by atoms with Crippen LogP contribution in [0.1, 0.15) is 21.6 Å². The Balaban J connectivity index is 1.40.